The maximum absolute atomic E-state index is 5.84. The van der Waals surface area contributed by atoms with Gasteiger partial charge >= 0.3 is 0 Å². The van der Waals surface area contributed by atoms with Crippen LogP contribution in [0.2, 0.25) is 0 Å². The fourth-order valence-electron chi connectivity index (χ4n) is 1.73. The lowest BCUT2D eigenvalue weighted by Gasteiger charge is -2.07. The largest absolute Gasteiger partial charge is 0.399 e. The van der Waals surface area contributed by atoms with Gasteiger partial charge in [-0.15, -0.1) is 0 Å². The Morgan fingerprint density at radius 2 is 1.82 bits per heavy atom. The number of ether oxygens (including phenoxy) is 1. The van der Waals surface area contributed by atoms with Gasteiger partial charge < -0.3 is 16.2 Å². The maximum atomic E-state index is 5.84. The summed E-state index contributed by atoms with van der Waals surface area (Å²) in [4.78, 5) is 0. The monoisotopic (exact) mass is 236 g/mol. The van der Waals surface area contributed by atoms with Gasteiger partial charge in [0.15, 0.2) is 0 Å². The zero-order valence-electron chi connectivity index (χ0n) is 10.7. The molecule has 0 spiro atoms. The van der Waals surface area contributed by atoms with Gasteiger partial charge in [0.2, 0.25) is 0 Å². The van der Waals surface area contributed by atoms with Gasteiger partial charge in [-0.05, 0) is 18.6 Å². The molecule has 0 saturated carbocycles. The molecule has 0 aromatic heterocycles. The second-order valence-electron chi connectivity index (χ2n) is 4.43. The molecule has 0 radical (unpaired) electrons. The highest BCUT2D eigenvalue weighted by Crippen LogP contribution is 2.16. The molecule has 0 aliphatic heterocycles. The molecule has 3 nitrogen and oxygen atoms in total. The van der Waals surface area contributed by atoms with E-state index in [-0.39, 0.29) is 0 Å². The molecule has 0 fully saturated rings. The molecule has 0 bridgehead atoms. The van der Waals surface area contributed by atoms with Gasteiger partial charge in [0.25, 0.3) is 0 Å². The van der Waals surface area contributed by atoms with Crippen molar-refractivity contribution in [3.8, 4) is 0 Å². The summed E-state index contributed by atoms with van der Waals surface area (Å²) in [5.41, 5.74) is 13.9. The van der Waals surface area contributed by atoms with Crippen molar-refractivity contribution in [2.75, 3.05) is 18.1 Å². The van der Waals surface area contributed by atoms with Crippen LogP contribution in [0.1, 0.15) is 44.6 Å². The van der Waals surface area contributed by atoms with E-state index in [0.29, 0.717) is 12.3 Å². The molecular formula is C14H24N2O. The fourth-order valence-corrected chi connectivity index (χ4v) is 1.73. The van der Waals surface area contributed by atoms with E-state index in [1.165, 1.54) is 25.7 Å². The summed E-state index contributed by atoms with van der Waals surface area (Å²) in [6.07, 6.45) is 6.30. The third-order valence-electron chi connectivity index (χ3n) is 2.82. The topological polar surface area (TPSA) is 61.3 Å². The molecule has 0 atom stereocenters. The minimum atomic E-state index is 0.583. The van der Waals surface area contributed by atoms with Crippen LogP contribution in [0.5, 0.6) is 0 Å². The van der Waals surface area contributed by atoms with Gasteiger partial charge in [0, 0.05) is 23.5 Å². The van der Waals surface area contributed by atoms with Crippen molar-refractivity contribution >= 4 is 11.4 Å². The van der Waals surface area contributed by atoms with Gasteiger partial charge in [-0.1, -0.05) is 38.7 Å². The van der Waals surface area contributed by atoms with Gasteiger partial charge in [0.05, 0.1) is 6.61 Å². The van der Waals surface area contributed by atoms with Gasteiger partial charge in [-0.25, -0.2) is 0 Å². The summed E-state index contributed by atoms with van der Waals surface area (Å²) in [6, 6.07) is 5.57. The van der Waals surface area contributed by atoms with E-state index in [4.69, 9.17) is 16.2 Å². The van der Waals surface area contributed by atoms with Crippen LogP contribution in [0.3, 0.4) is 0 Å². The lowest BCUT2D eigenvalue weighted by molar-refractivity contribution is 0.117. The zero-order valence-corrected chi connectivity index (χ0v) is 10.7. The van der Waals surface area contributed by atoms with E-state index in [1.54, 1.807) is 6.07 Å². The van der Waals surface area contributed by atoms with E-state index in [2.05, 4.69) is 6.92 Å². The quantitative estimate of drug-likeness (QED) is 0.537. The molecule has 4 N–H and O–H groups in total. The van der Waals surface area contributed by atoms with Crippen LogP contribution in [-0.4, -0.2) is 6.61 Å². The van der Waals surface area contributed by atoms with E-state index < -0.39 is 0 Å². The molecule has 1 aromatic rings. The molecule has 1 aromatic carbocycles. The first-order valence-electron chi connectivity index (χ1n) is 6.45. The smallest absolute Gasteiger partial charge is 0.0736 e. The highest BCUT2D eigenvalue weighted by atomic mass is 16.5. The minimum absolute atomic E-state index is 0.583. The minimum Gasteiger partial charge on any atom is -0.399 e. The second-order valence-corrected chi connectivity index (χ2v) is 4.43. The Balaban J connectivity index is 2.14. The first-order valence-corrected chi connectivity index (χ1v) is 6.45. The number of nitrogen functional groups attached to an aromatic ring is 2. The molecular weight excluding hydrogens is 212 g/mol. The Kier molecular flexibility index (Phi) is 6.48. The van der Waals surface area contributed by atoms with Crippen LogP contribution in [0.15, 0.2) is 18.2 Å². The van der Waals surface area contributed by atoms with E-state index in [1.807, 2.05) is 12.1 Å². The van der Waals surface area contributed by atoms with Crippen molar-refractivity contribution in [1.29, 1.82) is 0 Å². The van der Waals surface area contributed by atoms with Crippen LogP contribution in [0, 0.1) is 0 Å². The highest BCUT2D eigenvalue weighted by molar-refractivity contribution is 5.56. The van der Waals surface area contributed by atoms with Crippen molar-refractivity contribution in [3.05, 3.63) is 23.8 Å². The summed E-state index contributed by atoms with van der Waals surface area (Å²) < 4.78 is 5.60. The Morgan fingerprint density at radius 1 is 1.06 bits per heavy atom. The molecule has 0 saturated heterocycles. The molecule has 0 aliphatic carbocycles. The van der Waals surface area contributed by atoms with Crippen LogP contribution in [-0.2, 0) is 11.3 Å². The molecule has 96 valence electrons. The van der Waals surface area contributed by atoms with Crippen LogP contribution >= 0.6 is 0 Å². The number of nitrogens with two attached hydrogens (primary N) is 2. The number of hydrogen-bond acceptors (Lipinski definition) is 3. The van der Waals surface area contributed by atoms with Crippen molar-refractivity contribution in [2.24, 2.45) is 0 Å². The van der Waals surface area contributed by atoms with Gasteiger partial charge in [0.1, 0.15) is 0 Å². The number of unbranched alkanes of at least 4 members (excludes halogenated alkanes) is 4. The molecule has 17 heavy (non-hydrogen) atoms. The first-order chi connectivity index (χ1) is 8.24. The van der Waals surface area contributed by atoms with E-state index >= 15 is 0 Å². The van der Waals surface area contributed by atoms with Crippen molar-refractivity contribution in [1.82, 2.24) is 0 Å². The Bertz CT molecular complexity index is 326. The van der Waals surface area contributed by atoms with Crippen LogP contribution in [0.4, 0.5) is 11.4 Å². The standard InChI is InChI=1S/C14H24N2O/c1-2-3-4-5-6-9-17-11-12-7-8-13(15)10-14(12)16/h7-8,10H,2-6,9,11,15-16H2,1H3. The van der Waals surface area contributed by atoms with E-state index in [9.17, 15) is 0 Å². The highest BCUT2D eigenvalue weighted by Gasteiger charge is 1.99. The number of hydrogen-bond donors (Lipinski definition) is 2. The predicted octanol–water partition coefficient (Wildman–Crippen LogP) is 3.34. The first kappa shape index (κ1) is 13.8. The average molecular weight is 236 g/mol. The maximum Gasteiger partial charge on any atom is 0.0736 e. The summed E-state index contributed by atoms with van der Waals surface area (Å²) in [7, 11) is 0. The predicted molar refractivity (Wildman–Crippen MR) is 73.7 cm³/mol. The third-order valence-corrected chi connectivity index (χ3v) is 2.82. The molecule has 3 heteroatoms. The average Bonchev–Trinajstić information content (AvgIpc) is 2.30. The Labute approximate surface area is 104 Å². The molecule has 0 aliphatic rings. The fraction of sp³-hybridized carbons (Fsp3) is 0.571. The molecule has 1 rings (SSSR count). The van der Waals surface area contributed by atoms with Gasteiger partial charge in [-0.3, -0.25) is 0 Å². The summed E-state index contributed by atoms with van der Waals surface area (Å²) in [5.74, 6) is 0. The summed E-state index contributed by atoms with van der Waals surface area (Å²) in [5, 5.41) is 0. The zero-order chi connectivity index (χ0) is 12.5. The second kappa shape index (κ2) is 7.96. The Morgan fingerprint density at radius 3 is 2.53 bits per heavy atom. The molecule has 0 heterocycles. The number of benzene rings is 1. The normalized spacial score (nSPS) is 10.6. The van der Waals surface area contributed by atoms with Crippen LogP contribution < -0.4 is 11.5 Å². The molecule has 0 unspecified atom stereocenters. The van der Waals surface area contributed by atoms with Crippen molar-refractivity contribution in [2.45, 2.75) is 45.6 Å². The third kappa shape index (κ3) is 5.59. The Hall–Kier alpha value is -1.22. The van der Waals surface area contributed by atoms with Gasteiger partial charge in [-0.2, -0.15) is 0 Å². The van der Waals surface area contributed by atoms with E-state index in [0.717, 1.165) is 24.3 Å². The van der Waals surface area contributed by atoms with Crippen LogP contribution in [0.25, 0.3) is 0 Å². The van der Waals surface area contributed by atoms with Crippen molar-refractivity contribution in [3.63, 3.8) is 0 Å². The van der Waals surface area contributed by atoms with Crippen molar-refractivity contribution < 1.29 is 4.74 Å². The number of rotatable bonds is 8. The SMILES string of the molecule is CCCCCCCOCc1ccc(N)cc1N. The summed E-state index contributed by atoms with van der Waals surface area (Å²) >= 11 is 0. The lowest BCUT2D eigenvalue weighted by atomic mass is 10.1. The number of anilines is 2. The lowest BCUT2D eigenvalue weighted by Crippen LogP contribution is -2.00. The molecule has 0 amide bonds. The summed E-state index contributed by atoms with van der Waals surface area (Å²) in [6.45, 7) is 3.62.